The summed E-state index contributed by atoms with van der Waals surface area (Å²) in [5.74, 6) is 7.88. The molecule has 0 spiro atoms. The highest BCUT2D eigenvalue weighted by atomic mass is 15.3. The van der Waals surface area contributed by atoms with Crippen molar-refractivity contribution < 1.29 is 0 Å². The smallest absolute Gasteiger partial charge is 0.0916 e. The Hall–Kier alpha value is -0.520. The molecule has 0 rings (SSSR count). The Kier molecular flexibility index (Phi) is 3.29. The van der Waals surface area contributed by atoms with E-state index in [-0.39, 0.29) is 5.54 Å². The first kappa shape index (κ1) is 8.48. The van der Waals surface area contributed by atoms with E-state index in [1.165, 1.54) is 0 Å². The van der Waals surface area contributed by atoms with Gasteiger partial charge in [-0.05, 0) is 12.8 Å². The van der Waals surface area contributed by atoms with Gasteiger partial charge in [-0.2, -0.15) is 0 Å². The van der Waals surface area contributed by atoms with E-state index in [1.807, 2.05) is 13.8 Å². The molecule has 0 amide bonds. The summed E-state index contributed by atoms with van der Waals surface area (Å²) in [5, 5.41) is 0. The van der Waals surface area contributed by atoms with Crippen LogP contribution in [0.4, 0.5) is 0 Å². The van der Waals surface area contributed by atoms with Gasteiger partial charge >= 0.3 is 0 Å². The number of hydrazine groups is 1. The molecule has 52 valence electrons. The molecule has 0 bridgehead atoms. The molecule has 0 radical (unpaired) electrons. The van der Waals surface area contributed by atoms with Crippen molar-refractivity contribution in [2.24, 2.45) is 5.84 Å². The van der Waals surface area contributed by atoms with E-state index in [0.29, 0.717) is 0 Å². The van der Waals surface area contributed by atoms with Gasteiger partial charge in [0.05, 0.1) is 5.54 Å². The zero-order valence-electron chi connectivity index (χ0n) is 6.07. The van der Waals surface area contributed by atoms with Crippen LogP contribution in [0.25, 0.3) is 0 Å². The average molecular weight is 126 g/mol. The van der Waals surface area contributed by atoms with Crippen molar-refractivity contribution in [3.63, 3.8) is 0 Å². The topological polar surface area (TPSA) is 38.0 Å². The molecular formula is C7H14N2. The highest BCUT2D eigenvalue weighted by Crippen LogP contribution is 2.10. The van der Waals surface area contributed by atoms with Gasteiger partial charge in [0.1, 0.15) is 0 Å². The Morgan fingerprint density at radius 3 is 2.00 bits per heavy atom. The second kappa shape index (κ2) is 3.49. The Bertz CT molecular complexity index is 100. The molecule has 0 aliphatic carbocycles. The van der Waals surface area contributed by atoms with E-state index < -0.39 is 0 Å². The van der Waals surface area contributed by atoms with Crippen molar-refractivity contribution in [2.45, 2.75) is 32.2 Å². The van der Waals surface area contributed by atoms with Crippen LogP contribution in [-0.4, -0.2) is 5.54 Å². The van der Waals surface area contributed by atoms with Crippen LogP contribution in [0.1, 0.15) is 26.7 Å². The van der Waals surface area contributed by atoms with E-state index >= 15 is 0 Å². The standard InChI is InChI=1S/C7H14N2/c1-4-7(5-2,6-3)9-8/h1,9H,5-6,8H2,2-3H3. The number of nitrogens with one attached hydrogen (secondary N) is 1. The van der Waals surface area contributed by atoms with Crippen molar-refractivity contribution in [2.75, 3.05) is 0 Å². The molecule has 0 fully saturated rings. The molecule has 0 heterocycles. The molecule has 0 atom stereocenters. The van der Waals surface area contributed by atoms with Crippen LogP contribution >= 0.6 is 0 Å². The fraction of sp³-hybridized carbons (Fsp3) is 0.714. The minimum Gasteiger partial charge on any atom is -0.270 e. The van der Waals surface area contributed by atoms with Crippen LogP contribution in [-0.2, 0) is 0 Å². The van der Waals surface area contributed by atoms with Gasteiger partial charge < -0.3 is 0 Å². The third-order valence-electron chi connectivity index (χ3n) is 1.76. The van der Waals surface area contributed by atoms with Gasteiger partial charge in [0, 0.05) is 0 Å². The maximum absolute atomic E-state index is 5.25. The molecule has 0 unspecified atom stereocenters. The fourth-order valence-corrected chi connectivity index (χ4v) is 0.700. The van der Waals surface area contributed by atoms with Crippen molar-refractivity contribution in [1.29, 1.82) is 0 Å². The summed E-state index contributed by atoms with van der Waals surface area (Å²) in [7, 11) is 0. The van der Waals surface area contributed by atoms with Gasteiger partial charge in [0.15, 0.2) is 0 Å². The molecule has 0 aromatic rings. The van der Waals surface area contributed by atoms with Gasteiger partial charge in [0.2, 0.25) is 0 Å². The van der Waals surface area contributed by atoms with Gasteiger partial charge in [-0.15, -0.1) is 6.42 Å². The fourth-order valence-electron chi connectivity index (χ4n) is 0.700. The van der Waals surface area contributed by atoms with Gasteiger partial charge in [-0.3, -0.25) is 5.84 Å². The van der Waals surface area contributed by atoms with E-state index in [1.54, 1.807) is 0 Å². The molecule has 0 aromatic carbocycles. The third kappa shape index (κ3) is 1.70. The van der Waals surface area contributed by atoms with Crippen LogP contribution in [0.5, 0.6) is 0 Å². The molecule has 0 aliphatic heterocycles. The Labute approximate surface area is 56.8 Å². The molecule has 0 saturated heterocycles. The summed E-state index contributed by atoms with van der Waals surface area (Å²) >= 11 is 0. The van der Waals surface area contributed by atoms with Crippen LogP contribution < -0.4 is 11.3 Å². The van der Waals surface area contributed by atoms with Crippen molar-refractivity contribution in [3.8, 4) is 12.3 Å². The Morgan fingerprint density at radius 2 is 2.00 bits per heavy atom. The first-order valence-electron chi connectivity index (χ1n) is 3.20. The molecule has 9 heavy (non-hydrogen) atoms. The molecule has 2 nitrogen and oxygen atoms in total. The number of hydrogen-bond donors (Lipinski definition) is 2. The van der Waals surface area contributed by atoms with Crippen LogP contribution in [0.3, 0.4) is 0 Å². The quantitative estimate of drug-likeness (QED) is 0.331. The first-order chi connectivity index (χ1) is 4.24. The number of hydrogen-bond acceptors (Lipinski definition) is 2. The molecule has 2 heteroatoms. The monoisotopic (exact) mass is 126 g/mol. The molecule has 0 aromatic heterocycles. The summed E-state index contributed by atoms with van der Waals surface area (Å²) in [6.07, 6.45) is 6.99. The highest BCUT2D eigenvalue weighted by Gasteiger charge is 2.19. The third-order valence-corrected chi connectivity index (χ3v) is 1.76. The molecule has 0 saturated carbocycles. The maximum Gasteiger partial charge on any atom is 0.0916 e. The largest absolute Gasteiger partial charge is 0.270 e. The summed E-state index contributed by atoms with van der Waals surface area (Å²) in [4.78, 5) is 0. The van der Waals surface area contributed by atoms with E-state index in [4.69, 9.17) is 12.3 Å². The van der Waals surface area contributed by atoms with E-state index in [0.717, 1.165) is 12.8 Å². The van der Waals surface area contributed by atoms with Crippen molar-refractivity contribution in [3.05, 3.63) is 0 Å². The molecular weight excluding hydrogens is 112 g/mol. The van der Waals surface area contributed by atoms with Gasteiger partial charge in [-0.1, -0.05) is 19.8 Å². The zero-order valence-corrected chi connectivity index (χ0v) is 6.07. The number of terminal acetylenes is 1. The Morgan fingerprint density at radius 1 is 1.56 bits per heavy atom. The summed E-state index contributed by atoms with van der Waals surface area (Å²) in [6.45, 7) is 4.03. The van der Waals surface area contributed by atoms with Crippen molar-refractivity contribution >= 4 is 0 Å². The lowest BCUT2D eigenvalue weighted by atomic mass is 9.95. The van der Waals surface area contributed by atoms with Gasteiger partial charge in [0.25, 0.3) is 0 Å². The van der Waals surface area contributed by atoms with Gasteiger partial charge in [-0.25, -0.2) is 5.43 Å². The lowest BCUT2D eigenvalue weighted by Crippen LogP contribution is -2.47. The maximum atomic E-state index is 5.25. The summed E-state index contributed by atoms with van der Waals surface area (Å²) in [6, 6.07) is 0. The predicted octanol–water partition coefficient (Wildman–Crippen LogP) is 0.642. The second-order valence-electron chi connectivity index (χ2n) is 2.08. The summed E-state index contributed by atoms with van der Waals surface area (Å²) < 4.78 is 0. The second-order valence-corrected chi connectivity index (χ2v) is 2.08. The average Bonchev–Trinajstić information content (AvgIpc) is 1.95. The number of nitrogens with two attached hydrogens (primary N) is 1. The number of rotatable bonds is 3. The Balaban J connectivity index is 4.04. The lowest BCUT2D eigenvalue weighted by Gasteiger charge is -2.23. The molecule has 0 aliphatic rings. The van der Waals surface area contributed by atoms with Crippen LogP contribution in [0.2, 0.25) is 0 Å². The van der Waals surface area contributed by atoms with Crippen molar-refractivity contribution in [1.82, 2.24) is 5.43 Å². The normalized spacial score (nSPS) is 10.9. The highest BCUT2D eigenvalue weighted by molar-refractivity contribution is 5.10. The van der Waals surface area contributed by atoms with E-state index in [9.17, 15) is 0 Å². The van der Waals surface area contributed by atoms with E-state index in [2.05, 4.69) is 11.3 Å². The summed E-state index contributed by atoms with van der Waals surface area (Å²) in [5.41, 5.74) is 2.35. The lowest BCUT2D eigenvalue weighted by molar-refractivity contribution is 0.401. The SMILES string of the molecule is C#CC(CC)(CC)NN. The minimum atomic E-state index is -0.278. The molecule has 3 N–H and O–H groups in total. The minimum absolute atomic E-state index is 0.278. The zero-order chi connectivity index (χ0) is 7.33. The van der Waals surface area contributed by atoms with Crippen LogP contribution in [0.15, 0.2) is 0 Å². The predicted molar refractivity (Wildman–Crippen MR) is 39.5 cm³/mol. The van der Waals surface area contributed by atoms with Crippen LogP contribution in [0, 0.1) is 12.3 Å². The first-order valence-corrected chi connectivity index (χ1v) is 3.20.